The van der Waals surface area contributed by atoms with E-state index in [1.807, 2.05) is 0 Å². The molecule has 0 radical (unpaired) electrons. The van der Waals surface area contributed by atoms with Gasteiger partial charge in [0.05, 0.1) is 0 Å². The van der Waals surface area contributed by atoms with Gasteiger partial charge in [-0.15, -0.1) is 0 Å². The van der Waals surface area contributed by atoms with Crippen molar-refractivity contribution in [2.45, 2.75) is 19.3 Å². The molecule has 0 spiro atoms. The average Bonchev–Trinajstić information content (AvgIpc) is 3.14. The van der Waals surface area contributed by atoms with Crippen LogP contribution in [-0.4, -0.2) is 0 Å². The first-order chi connectivity index (χ1) is 23.1. The summed E-state index contributed by atoms with van der Waals surface area (Å²) in [6.07, 6.45) is 0. The number of hydrogen-bond donors (Lipinski definition) is 0. The van der Waals surface area contributed by atoms with Crippen LogP contribution in [0.25, 0.3) is 66.1 Å². The molecule has 0 aromatic heterocycles. The van der Waals surface area contributed by atoms with Gasteiger partial charge in [-0.3, -0.25) is 0 Å². The Balaban J connectivity index is 1.29. The molecule has 0 amide bonds. The lowest BCUT2D eigenvalue weighted by molar-refractivity contribution is 0.641. The van der Waals surface area contributed by atoms with Gasteiger partial charge >= 0.3 is 0 Å². The second-order valence-electron chi connectivity index (χ2n) is 12.9. The third-order valence-corrected chi connectivity index (χ3v) is 9.80. The van der Waals surface area contributed by atoms with E-state index in [0.717, 1.165) is 0 Å². The minimum absolute atomic E-state index is 0.0691. The topological polar surface area (TPSA) is 0 Å². The van der Waals surface area contributed by atoms with Crippen LogP contribution in [0.3, 0.4) is 0 Å². The molecular formula is C47H36. The quantitative estimate of drug-likeness (QED) is 0.167. The first-order valence-electron chi connectivity index (χ1n) is 16.4. The fraction of sp³-hybridized carbons (Fsp3) is 0.0638. The standard InChI is InChI=1S/C47H36/c1-47(2,37-20-7-4-8-21-37)38-30-28-33(29-31-38)35-18-15-19-36(32-35)45-41-24-11-13-26-43(41)46(44-27-14-12-25-42(44)45)40-23-10-9-22-39(40)34-16-5-3-6-17-34/h3-32H,1-2H3. The molecule has 0 unspecified atom stereocenters. The van der Waals surface area contributed by atoms with Crippen LogP contribution in [0.4, 0.5) is 0 Å². The Morgan fingerprint density at radius 2 is 0.745 bits per heavy atom. The van der Waals surface area contributed by atoms with Crippen molar-refractivity contribution in [3.8, 4) is 44.5 Å². The summed E-state index contributed by atoms with van der Waals surface area (Å²) in [6, 6.07) is 66.4. The molecule has 0 fully saturated rings. The Bertz CT molecular complexity index is 2290. The molecule has 8 aromatic carbocycles. The van der Waals surface area contributed by atoms with Crippen LogP contribution >= 0.6 is 0 Å². The van der Waals surface area contributed by atoms with Gasteiger partial charge < -0.3 is 0 Å². The molecule has 0 aliphatic heterocycles. The first kappa shape index (κ1) is 28.7. The van der Waals surface area contributed by atoms with Gasteiger partial charge in [-0.1, -0.05) is 190 Å². The third kappa shape index (κ3) is 5.13. The molecule has 0 saturated carbocycles. The molecule has 0 heteroatoms. The molecule has 47 heavy (non-hydrogen) atoms. The Hall–Kier alpha value is -5.72. The summed E-state index contributed by atoms with van der Waals surface area (Å²) in [6.45, 7) is 4.60. The van der Waals surface area contributed by atoms with Gasteiger partial charge in [-0.05, 0) is 83.2 Å². The lowest BCUT2D eigenvalue weighted by atomic mass is 9.78. The Morgan fingerprint density at radius 3 is 1.36 bits per heavy atom. The van der Waals surface area contributed by atoms with Gasteiger partial charge in [0.1, 0.15) is 0 Å². The monoisotopic (exact) mass is 600 g/mol. The van der Waals surface area contributed by atoms with Crippen molar-refractivity contribution in [3.05, 3.63) is 193 Å². The molecule has 8 rings (SSSR count). The molecule has 0 N–H and O–H groups in total. The fourth-order valence-electron chi connectivity index (χ4n) is 7.26. The maximum atomic E-state index is 2.36. The highest BCUT2D eigenvalue weighted by Gasteiger charge is 2.23. The maximum absolute atomic E-state index is 2.36. The summed E-state index contributed by atoms with van der Waals surface area (Å²) in [5, 5.41) is 5.06. The van der Waals surface area contributed by atoms with Gasteiger partial charge in [-0.2, -0.15) is 0 Å². The summed E-state index contributed by atoms with van der Waals surface area (Å²) in [5.41, 5.74) is 12.5. The van der Waals surface area contributed by atoms with E-state index >= 15 is 0 Å². The van der Waals surface area contributed by atoms with Crippen molar-refractivity contribution < 1.29 is 0 Å². The second kappa shape index (κ2) is 11.9. The van der Waals surface area contributed by atoms with E-state index < -0.39 is 0 Å². The molecule has 224 valence electrons. The number of rotatable bonds is 6. The molecule has 0 aliphatic carbocycles. The summed E-state index contributed by atoms with van der Waals surface area (Å²) >= 11 is 0. The van der Waals surface area contributed by atoms with Crippen LogP contribution in [0.2, 0.25) is 0 Å². The van der Waals surface area contributed by atoms with Crippen molar-refractivity contribution in [1.29, 1.82) is 0 Å². The SMILES string of the molecule is CC(C)(c1ccccc1)c1ccc(-c2cccc(-c3c4ccccc4c(-c4ccccc4-c4ccccc4)c4ccccc34)c2)cc1. The predicted octanol–water partition coefficient (Wildman–Crippen LogP) is 13.0. The zero-order valence-electron chi connectivity index (χ0n) is 26.8. The Kier molecular flexibility index (Phi) is 7.27. The van der Waals surface area contributed by atoms with Crippen LogP contribution in [0.1, 0.15) is 25.0 Å². The van der Waals surface area contributed by atoms with Gasteiger partial charge in [0.15, 0.2) is 0 Å². The molecule has 0 bridgehead atoms. The molecule has 0 aliphatic rings. The Morgan fingerprint density at radius 1 is 0.298 bits per heavy atom. The predicted molar refractivity (Wildman–Crippen MR) is 202 cm³/mol. The van der Waals surface area contributed by atoms with Crippen molar-refractivity contribution in [3.63, 3.8) is 0 Å². The van der Waals surface area contributed by atoms with E-state index in [2.05, 4.69) is 196 Å². The smallest absolute Gasteiger partial charge is 0.0146 e. The summed E-state index contributed by atoms with van der Waals surface area (Å²) in [5.74, 6) is 0. The van der Waals surface area contributed by atoms with Crippen LogP contribution in [0.5, 0.6) is 0 Å². The lowest BCUT2D eigenvalue weighted by Gasteiger charge is -2.26. The van der Waals surface area contributed by atoms with E-state index in [9.17, 15) is 0 Å². The van der Waals surface area contributed by atoms with Crippen LogP contribution in [-0.2, 0) is 5.41 Å². The van der Waals surface area contributed by atoms with Crippen molar-refractivity contribution in [2.24, 2.45) is 0 Å². The fourth-order valence-corrected chi connectivity index (χ4v) is 7.26. The average molecular weight is 601 g/mol. The molecule has 0 nitrogen and oxygen atoms in total. The van der Waals surface area contributed by atoms with E-state index in [1.165, 1.54) is 77.2 Å². The van der Waals surface area contributed by atoms with Crippen molar-refractivity contribution >= 4 is 21.5 Å². The van der Waals surface area contributed by atoms with Crippen molar-refractivity contribution in [1.82, 2.24) is 0 Å². The largest absolute Gasteiger partial charge is 0.0622 e. The van der Waals surface area contributed by atoms with Crippen molar-refractivity contribution in [2.75, 3.05) is 0 Å². The van der Waals surface area contributed by atoms with Crippen LogP contribution in [0.15, 0.2) is 182 Å². The van der Waals surface area contributed by atoms with Gasteiger partial charge in [0.25, 0.3) is 0 Å². The normalized spacial score (nSPS) is 11.6. The number of hydrogen-bond acceptors (Lipinski definition) is 0. The first-order valence-corrected chi connectivity index (χ1v) is 16.4. The number of benzene rings is 8. The van der Waals surface area contributed by atoms with Crippen LogP contribution < -0.4 is 0 Å². The summed E-state index contributed by atoms with van der Waals surface area (Å²) in [4.78, 5) is 0. The van der Waals surface area contributed by atoms with E-state index in [1.54, 1.807) is 0 Å². The van der Waals surface area contributed by atoms with Gasteiger partial charge in [0, 0.05) is 5.41 Å². The highest BCUT2D eigenvalue weighted by Crippen LogP contribution is 2.46. The minimum Gasteiger partial charge on any atom is -0.0622 e. The van der Waals surface area contributed by atoms with E-state index in [4.69, 9.17) is 0 Å². The summed E-state index contributed by atoms with van der Waals surface area (Å²) < 4.78 is 0. The van der Waals surface area contributed by atoms with Crippen LogP contribution in [0, 0.1) is 0 Å². The maximum Gasteiger partial charge on any atom is 0.0146 e. The van der Waals surface area contributed by atoms with E-state index in [0.29, 0.717) is 0 Å². The molecule has 0 heterocycles. The molecule has 0 atom stereocenters. The zero-order valence-corrected chi connectivity index (χ0v) is 26.8. The Labute approximate surface area is 277 Å². The van der Waals surface area contributed by atoms with Gasteiger partial charge in [-0.25, -0.2) is 0 Å². The number of fused-ring (bicyclic) bond motifs is 2. The minimum atomic E-state index is -0.0691. The summed E-state index contributed by atoms with van der Waals surface area (Å²) in [7, 11) is 0. The lowest BCUT2D eigenvalue weighted by Crippen LogP contribution is -2.18. The molecular weight excluding hydrogens is 565 g/mol. The molecule has 0 saturated heterocycles. The highest BCUT2D eigenvalue weighted by molar-refractivity contribution is 6.22. The zero-order chi connectivity index (χ0) is 31.8. The highest BCUT2D eigenvalue weighted by atomic mass is 14.3. The third-order valence-electron chi connectivity index (χ3n) is 9.80. The second-order valence-corrected chi connectivity index (χ2v) is 12.9. The molecule has 8 aromatic rings. The van der Waals surface area contributed by atoms with Gasteiger partial charge in [0.2, 0.25) is 0 Å². The van der Waals surface area contributed by atoms with E-state index in [-0.39, 0.29) is 5.41 Å².